The van der Waals surface area contributed by atoms with Gasteiger partial charge in [0.2, 0.25) is 0 Å². The first-order valence-corrected chi connectivity index (χ1v) is 9.34. The smallest absolute Gasteiger partial charge is 0.0972 e. The van der Waals surface area contributed by atoms with E-state index in [0.717, 1.165) is 60.3 Å². The maximum Gasteiger partial charge on any atom is 0.0972 e. The normalized spacial score (nSPS) is 11.0. The summed E-state index contributed by atoms with van der Waals surface area (Å²) in [7, 11) is 0. The average Bonchev–Trinajstić information content (AvgIpc) is 3.10. The summed E-state index contributed by atoms with van der Waals surface area (Å²) in [5.74, 6) is 0. The van der Waals surface area contributed by atoms with Gasteiger partial charge in [-0.05, 0) is 44.2 Å². The van der Waals surface area contributed by atoms with E-state index >= 15 is 0 Å². The Morgan fingerprint density at radius 3 is 2.58 bits per heavy atom. The number of rotatable bonds is 9. The predicted molar refractivity (Wildman–Crippen MR) is 107 cm³/mol. The van der Waals surface area contributed by atoms with Crippen LogP contribution in [0.15, 0.2) is 60.8 Å². The lowest BCUT2D eigenvalue weighted by atomic mass is 10.1. The molecule has 0 atom stereocenters. The fourth-order valence-corrected chi connectivity index (χ4v) is 2.90. The first-order chi connectivity index (χ1) is 12.8. The van der Waals surface area contributed by atoms with Crippen molar-refractivity contribution in [2.75, 3.05) is 19.8 Å². The van der Waals surface area contributed by atoms with E-state index in [4.69, 9.17) is 21.4 Å². The maximum atomic E-state index is 6.03. The van der Waals surface area contributed by atoms with Crippen molar-refractivity contribution in [2.45, 2.75) is 19.9 Å². The Hall–Kier alpha value is -2.14. The predicted octanol–water partition coefficient (Wildman–Crippen LogP) is 4.71. The zero-order valence-electron chi connectivity index (χ0n) is 15.0. The Balaban J connectivity index is 1.79. The molecule has 1 heterocycles. The van der Waals surface area contributed by atoms with Crippen molar-refractivity contribution >= 4 is 11.6 Å². The largest absolute Gasteiger partial charge is 0.382 e. The molecule has 26 heavy (non-hydrogen) atoms. The first kappa shape index (κ1) is 18.6. The third-order valence-corrected chi connectivity index (χ3v) is 4.34. The SMILES string of the molecule is CCOCCCNCc1cn(-c2ccccc2)nc1-c1ccc(Cl)cc1. The van der Waals surface area contributed by atoms with Crippen LogP contribution < -0.4 is 5.32 Å². The van der Waals surface area contributed by atoms with E-state index in [-0.39, 0.29) is 0 Å². The van der Waals surface area contributed by atoms with Crippen LogP contribution in [-0.2, 0) is 11.3 Å². The van der Waals surface area contributed by atoms with Crippen LogP contribution in [0.25, 0.3) is 16.9 Å². The van der Waals surface area contributed by atoms with E-state index in [2.05, 4.69) is 23.6 Å². The number of nitrogens with one attached hydrogen (secondary N) is 1. The summed E-state index contributed by atoms with van der Waals surface area (Å²) in [5, 5.41) is 9.03. The van der Waals surface area contributed by atoms with Gasteiger partial charge >= 0.3 is 0 Å². The van der Waals surface area contributed by atoms with Gasteiger partial charge in [0.05, 0.1) is 11.4 Å². The molecule has 0 aliphatic carbocycles. The van der Waals surface area contributed by atoms with Crippen molar-refractivity contribution in [1.82, 2.24) is 15.1 Å². The summed E-state index contributed by atoms with van der Waals surface area (Å²) in [6.07, 6.45) is 3.09. The van der Waals surface area contributed by atoms with Crippen LogP contribution in [-0.4, -0.2) is 29.5 Å². The van der Waals surface area contributed by atoms with Gasteiger partial charge in [-0.15, -0.1) is 0 Å². The van der Waals surface area contributed by atoms with Gasteiger partial charge < -0.3 is 10.1 Å². The molecule has 3 aromatic rings. The van der Waals surface area contributed by atoms with Crippen molar-refractivity contribution in [1.29, 1.82) is 0 Å². The highest BCUT2D eigenvalue weighted by Crippen LogP contribution is 2.25. The van der Waals surface area contributed by atoms with Crippen LogP contribution in [0.2, 0.25) is 5.02 Å². The second kappa shape index (κ2) is 9.53. The molecule has 0 spiro atoms. The number of para-hydroxylation sites is 1. The molecule has 0 unspecified atom stereocenters. The summed E-state index contributed by atoms with van der Waals surface area (Å²) in [6.45, 7) is 5.25. The monoisotopic (exact) mass is 369 g/mol. The minimum atomic E-state index is 0.729. The molecular weight excluding hydrogens is 346 g/mol. The highest BCUT2D eigenvalue weighted by Gasteiger charge is 2.12. The highest BCUT2D eigenvalue weighted by atomic mass is 35.5. The number of hydrogen-bond acceptors (Lipinski definition) is 3. The Bertz CT molecular complexity index is 800. The molecule has 4 nitrogen and oxygen atoms in total. The number of ether oxygens (including phenoxy) is 1. The zero-order valence-corrected chi connectivity index (χ0v) is 15.7. The lowest BCUT2D eigenvalue weighted by Crippen LogP contribution is -2.16. The van der Waals surface area contributed by atoms with E-state index in [1.54, 1.807) is 0 Å². The molecule has 1 N–H and O–H groups in total. The lowest BCUT2D eigenvalue weighted by molar-refractivity contribution is 0.144. The third kappa shape index (κ3) is 4.94. The summed E-state index contributed by atoms with van der Waals surface area (Å²) in [4.78, 5) is 0. The number of benzene rings is 2. The molecule has 2 aromatic carbocycles. The molecule has 0 aliphatic rings. The number of hydrogen-bond donors (Lipinski definition) is 1. The molecule has 0 saturated heterocycles. The molecule has 3 rings (SSSR count). The molecule has 136 valence electrons. The second-order valence-electron chi connectivity index (χ2n) is 6.02. The molecule has 0 amide bonds. The molecule has 0 radical (unpaired) electrons. The minimum Gasteiger partial charge on any atom is -0.382 e. The van der Waals surface area contributed by atoms with Crippen molar-refractivity contribution in [2.24, 2.45) is 0 Å². The van der Waals surface area contributed by atoms with E-state index in [9.17, 15) is 0 Å². The van der Waals surface area contributed by atoms with Gasteiger partial charge in [0.1, 0.15) is 0 Å². The van der Waals surface area contributed by atoms with Gasteiger partial charge in [-0.1, -0.05) is 41.9 Å². The van der Waals surface area contributed by atoms with Crippen LogP contribution in [0.5, 0.6) is 0 Å². The zero-order chi connectivity index (χ0) is 18.2. The van der Waals surface area contributed by atoms with E-state index in [0.29, 0.717) is 0 Å². The van der Waals surface area contributed by atoms with E-state index in [1.807, 2.05) is 54.1 Å². The van der Waals surface area contributed by atoms with E-state index in [1.165, 1.54) is 0 Å². The van der Waals surface area contributed by atoms with E-state index < -0.39 is 0 Å². The van der Waals surface area contributed by atoms with Gasteiger partial charge in [0, 0.05) is 42.1 Å². The highest BCUT2D eigenvalue weighted by molar-refractivity contribution is 6.30. The Labute approximate surface area is 159 Å². The summed E-state index contributed by atoms with van der Waals surface area (Å²) in [6, 6.07) is 18.0. The second-order valence-corrected chi connectivity index (χ2v) is 6.45. The van der Waals surface area contributed by atoms with Crippen LogP contribution >= 0.6 is 11.6 Å². The van der Waals surface area contributed by atoms with Gasteiger partial charge in [-0.2, -0.15) is 5.10 Å². The number of aromatic nitrogens is 2. The molecule has 0 fully saturated rings. The standard InChI is InChI=1S/C21H24ClN3O/c1-2-26-14-6-13-23-15-18-16-25(20-7-4-3-5-8-20)24-21(18)17-9-11-19(22)12-10-17/h3-5,7-12,16,23H,2,6,13-15H2,1H3. The molecule has 0 saturated carbocycles. The Morgan fingerprint density at radius 1 is 1.08 bits per heavy atom. The fourth-order valence-electron chi connectivity index (χ4n) is 2.77. The van der Waals surface area contributed by atoms with Crippen LogP contribution in [0.3, 0.4) is 0 Å². The van der Waals surface area contributed by atoms with Crippen molar-refractivity contribution in [3.63, 3.8) is 0 Å². The molecular formula is C21H24ClN3O. The van der Waals surface area contributed by atoms with Gasteiger partial charge in [-0.25, -0.2) is 4.68 Å². The van der Waals surface area contributed by atoms with Gasteiger partial charge in [0.25, 0.3) is 0 Å². The van der Waals surface area contributed by atoms with Crippen LogP contribution in [0.4, 0.5) is 0 Å². The minimum absolute atomic E-state index is 0.729. The van der Waals surface area contributed by atoms with Crippen molar-refractivity contribution < 1.29 is 4.74 Å². The first-order valence-electron chi connectivity index (χ1n) is 8.96. The van der Waals surface area contributed by atoms with Gasteiger partial charge in [-0.3, -0.25) is 0 Å². The topological polar surface area (TPSA) is 39.1 Å². The summed E-state index contributed by atoms with van der Waals surface area (Å²) >= 11 is 6.03. The Morgan fingerprint density at radius 2 is 1.85 bits per heavy atom. The summed E-state index contributed by atoms with van der Waals surface area (Å²) in [5.41, 5.74) is 4.25. The lowest BCUT2D eigenvalue weighted by Gasteiger charge is -2.05. The van der Waals surface area contributed by atoms with Crippen molar-refractivity contribution in [3.05, 3.63) is 71.4 Å². The van der Waals surface area contributed by atoms with Crippen molar-refractivity contribution in [3.8, 4) is 16.9 Å². The number of halogens is 1. The molecule has 5 heteroatoms. The maximum absolute atomic E-state index is 6.03. The van der Waals surface area contributed by atoms with Crippen LogP contribution in [0, 0.1) is 0 Å². The van der Waals surface area contributed by atoms with Gasteiger partial charge in [0.15, 0.2) is 0 Å². The number of nitrogens with zero attached hydrogens (tertiary/aromatic N) is 2. The van der Waals surface area contributed by atoms with Crippen LogP contribution in [0.1, 0.15) is 18.9 Å². The summed E-state index contributed by atoms with van der Waals surface area (Å²) < 4.78 is 7.31. The molecule has 1 aromatic heterocycles. The third-order valence-electron chi connectivity index (χ3n) is 4.09. The Kier molecular flexibility index (Phi) is 6.83. The quantitative estimate of drug-likeness (QED) is 0.555. The molecule has 0 aliphatic heterocycles. The fraction of sp³-hybridized carbons (Fsp3) is 0.286. The molecule has 0 bridgehead atoms. The average molecular weight is 370 g/mol.